The van der Waals surface area contributed by atoms with Crippen molar-refractivity contribution < 1.29 is 9.13 Å². The largest absolute Gasteiger partial charge is 0.398 e. The zero-order valence-corrected chi connectivity index (χ0v) is 11.3. The van der Waals surface area contributed by atoms with Gasteiger partial charge in [-0.15, -0.1) is 0 Å². The fourth-order valence-electron chi connectivity index (χ4n) is 1.63. The first kappa shape index (κ1) is 13.1. The van der Waals surface area contributed by atoms with Crippen LogP contribution in [0.15, 0.2) is 46.9 Å². The van der Waals surface area contributed by atoms with Crippen LogP contribution in [0, 0.1) is 5.82 Å². The van der Waals surface area contributed by atoms with E-state index >= 15 is 0 Å². The highest BCUT2D eigenvalue weighted by Gasteiger charge is 2.06. The highest BCUT2D eigenvalue weighted by atomic mass is 79.9. The molecule has 2 aromatic carbocycles. The Morgan fingerprint density at radius 2 is 1.89 bits per heavy atom. The lowest BCUT2D eigenvalue weighted by atomic mass is 10.2. The quantitative estimate of drug-likeness (QED) is 0.870. The van der Waals surface area contributed by atoms with Crippen LogP contribution in [-0.2, 0) is 18.0 Å². The molecule has 94 valence electrons. The Kier molecular flexibility index (Phi) is 4.33. The Labute approximate surface area is 114 Å². The van der Waals surface area contributed by atoms with Crippen LogP contribution >= 0.6 is 15.9 Å². The van der Waals surface area contributed by atoms with Crippen LogP contribution in [0.4, 0.5) is 10.1 Å². The molecule has 2 aromatic rings. The molecular weight excluding hydrogens is 297 g/mol. The van der Waals surface area contributed by atoms with Crippen LogP contribution in [0.2, 0.25) is 0 Å². The predicted molar refractivity (Wildman–Crippen MR) is 73.4 cm³/mol. The van der Waals surface area contributed by atoms with Gasteiger partial charge in [0.05, 0.1) is 13.2 Å². The van der Waals surface area contributed by atoms with Crippen molar-refractivity contribution in [3.05, 3.63) is 63.9 Å². The summed E-state index contributed by atoms with van der Waals surface area (Å²) in [6.45, 7) is 0.595. The van der Waals surface area contributed by atoms with Gasteiger partial charge in [-0.2, -0.15) is 0 Å². The number of ether oxygens (including phenoxy) is 1. The van der Waals surface area contributed by atoms with Crippen LogP contribution in [-0.4, -0.2) is 0 Å². The molecule has 0 amide bonds. The van der Waals surface area contributed by atoms with Crippen molar-refractivity contribution in [2.75, 3.05) is 5.73 Å². The number of hydrogen-bond donors (Lipinski definition) is 1. The van der Waals surface area contributed by atoms with E-state index in [1.165, 1.54) is 6.07 Å². The molecule has 0 unspecified atom stereocenters. The Morgan fingerprint density at radius 3 is 2.61 bits per heavy atom. The molecule has 0 aliphatic heterocycles. The van der Waals surface area contributed by atoms with Crippen molar-refractivity contribution in [2.24, 2.45) is 0 Å². The fraction of sp³-hybridized carbons (Fsp3) is 0.143. The van der Waals surface area contributed by atoms with Crippen LogP contribution in [0.25, 0.3) is 0 Å². The van der Waals surface area contributed by atoms with Gasteiger partial charge in [0.2, 0.25) is 0 Å². The SMILES string of the molecule is Nc1cccc(F)c1COCc1cccc(Br)c1. The van der Waals surface area contributed by atoms with Crippen molar-refractivity contribution in [2.45, 2.75) is 13.2 Å². The molecule has 2 N–H and O–H groups in total. The first-order valence-corrected chi connectivity index (χ1v) is 6.31. The second-order valence-corrected chi connectivity index (χ2v) is 4.85. The number of nitrogen functional groups attached to an aromatic ring is 1. The third kappa shape index (κ3) is 3.31. The van der Waals surface area contributed by atoms with Gasteiger partial charge in [0.15, 0.2) is 0 Å². The van der Waals surface area contributed by atoms with Gasteiger partial charge >= 0.3 is 0 Å². The molecule has 0 aromatic heterocycles. The predicted octanol–water partition coefficient (Wildman–Crippen LogP) is 3.89. The molecule has 18 heavy (non-hydrogen) atoms. The Hall–Kier alpha value is -1.39. The molecule has 0 radical (unpaired) electrons. The molecule has 0 aliphatic carbocycles. The van der Waals surface area contributed by atoms with Crippen LogP contribution < -0.4 is 5.73 Å². The summed E-state index contributed by atoms with van der Waals surface area (Å²) in [5, 5.41) is 0. The minimum Gasteiger partial charge on any atom is -0.398 e. The average molecular weight is 310 g/mol. The minimum absolute atomic E-state index is 0.172. The lowest BCUT2D eigenvalue weighted by molar-refractivity contribution is 0.105. The molecular formula is C14H13BrFNO. The summed E-state index contributed by atoms with van der Waals surface area (Å²) in [5.41, 5.74) is 7.55. The van der Waals surface area contributed by atoms with E-state index in [9.17, 15) is 4.39 Å². The number of benzene rings is 2. The van der Waals surface area contributed by atoms with E-state index in [1.807, 2.05) is 24.3 Å². The summed E-state index contributed by atoms with van der Waals surface area (Å²) in [7, 11) is 0. The number of rotatable bonds is 4. The van der Waals surface area contributed by atoms with Gasteiger partial charge in [0.1, 0.15) is 5.82 Å². The third-order valence-electron chi connectivity index (χ3n) is 2.56. The molecule has 0 aliphatic rings. The van der Waals surface area contributed by atoms with Gasteiger partial charge < -0.3 is 10.5 Å². The number of nitrogens with two attached hydrogens (primary N) is 1. The standard InChI is InChI=1S/C14H13BrFNO/c15-11-4-1-3-10(7-11)8-18-9-12-13(16)5-2-6-14(12)17/h1-7H,8-9,17H2. The lowest BCUT2D eigenvalue weighted by Crippen LogP contribution is -2.01. The summed E-state index contributed by atoms with van der Waals surface area (Å²) in [6.07, 6.45) is 0. The molecule has 0 spiro atoms. The number of halogens is 2. The minimum atomic E-state index is -0.329. The molecule has 0 fully saturated rings. The van der Waals surface area contributed by atoms with Gasteiger partial charge in [0.25, 0.3) is 0 Å². The summed E-state index contributed by atoms with van der Waals surface area (Å²) in [4.78, 5) is 0. The maximum Gasteiger partial charge on any atom is 0.130 e. The number of hydrogen-bond acceptors (Lipinski definition) is 2. The zero-order chi connectivity index (χ0) is 13.0. The van der Waals surface area contributed by atoms with Crippen molar-refractivity contribution in [1.29, 1.82) is 0 Å². The van der Waals surface area contributed by atoms with Crippen LogP contribution in [0.5, 0.6) is 0 Å². The first-order valence-electron chi connectivity index (χ1n) is 5.52. The molecule has 0 saturated carbocycles. The molecule has 2 nitrogen and oxygen atoms in total. The zero-order valence-electron chi connectivity index (χ0n) is 9.70. The Balaban J connectivity index is 1.97. The fourth-order valence-corrected chi connectivity index (χ4v) is 2.07. The van der Waals surface area contributed by atoms with E-state index in [0.29, 0.717) is 17.9 Å². The molecule has 2 rings (SSSR count). The van der Waals surface area contributed by atoms with Crippen molar-refractivity contribution >= 4 is 21.6 Å². The molecule has 0 atom stereocenters. The Bertz CT molecular complexity index is 525. The lowest BCUT2D eigenvalue weighted by Gasteiger charge is -2.08. The van der Waals surface area contributed by atoms with Gasteiger partial charge in [-0.1, -0.05) is 34.1 Å². The van der Waals surface area contributed by atoms with E-state index in [2.05, 4.69) is 15.9 Å². The van der Waals surface area contributed by atoms with Crippen LogP contribution in [0.3, 0.4) is 0 Å². The Morgan fingerprint density at radius 1 is 1.11 bits per heavy atom. The summed E-state index contributed by atoms with van der Waals surface area (Å²) < 4.78 is 19.9. The first-order chi connectivity index (χ1) is 8.66. The van der Waals surface area contributed by atoms with E-state index < -0.39 is 0 Å². The van der Waals surface area contributed by atoms with Crippen molar-refractivity contribution in [3.63, 3.8) is 0 Å². The van der Waals surface area contributed by atoms with Gasteiger partial charge in [-0.3, -0.25) is 0 Å². The van der Waals surface area contributed by atoms with E-state index in [1.54, 1.807) is 12.1 Å². The molecule has 0 heterocycles. The van der Waals surface area contributed by atoms with Crippen molar-refractivity contribution in [1.82, 2.24) is 0 Å². The average Bonchev–Trinajstić information content (AvgIpc) is 2.33. The van der Waals surface area contributed by atoms with Crippen LogP contribution in [0.1, 0.15) is 11.1 Å². The van der Waals surface area contributed by atoms with E-state index in [-0.39, 0.29) is 12.4 Å². The van der Waals surface area contributed by atoms with Crippen molar-refractivity contribution in [3.8, 4) is 0 Å². The normalized spacial score (nSPS) is 10.6. The molecule has 4 heteroatoms. The topological polar surface area (TPSA) is 35.2 Å². The maximum atomic E-state index is 13.5. The summed E-state index contributed by atoms with van der Waals surface area (Å²) >= 11 is 3.39. The van der Waals surface area contributed by atoms with Gasteiger partial charge in [0, 0.05) is 15.7 Å². The van der Waals surface area contributed by atoms with E-state index in [0.717, 1.165) is 10.0 Å². The third-order valence-corrected chi connectivity index (χ3v) is 3.05. The van der Waals surface area contributed by atoms with E-state index in [4.69, 9.17) is 10.5 Å². The molecule has 0 bridgehead atoms. The van der Waals surface area contributed by atoms with Gasteiger partial charge in [-0.05, 0) is 29.8 Å². The highest BCUT2D eigenvalue weighted by molar-refractivity contribution is 9.10. The number of anilines is 1. The highest BCUT2D eigenvalue weighted by Crippen LogP contribution is 2.18. The summed E-state index contributed by atoms with van der Waals surface area (Å²) in [5.74, 6) is -0.329. The maximum absolute atomic E-state index is 13.5. The summed E-state index contributed by atoms with van der Waals surface area (Å²) in [6, 6.07) is 12.4. The second-order valence-electron chi connectivity index (χ2n) is 3.93. The molecule has 0 saturated heterocycles. The smallest absolute Gasteiger partial charge is 0.130 e. The monoisotopic (exact) mass is 309 g/mol. The second kappa shape index (κ2) is 5.98. The van der Waals surface area contributed by atoms with Gasteiger partial charge in [-0.25, -0.2) is 4.39 Å².